The fourth-order valence-electron chi connectivity index (χ4n) is 3.38. The fraction of sp³-hybridized carbons (Fsp3) is 0.786. The number of fused-ring (bicyclic) bond motifs is 1. The van der Waals surface area contributed by atoms with Crippen molar-refractivity contribution in [1.29, 1.82) is 0 Å². The lowest BCUT2D eigenvalue weighted by atomic mass is 10.0. The molecule has 1 atom stereocenters. The highest BCUT2D eigenvalue weighted by molar-refractivity contribution is 7.88. The smallest absolute Gasteiger partial charge is 0.208 e. The number of nitrogens with zero attached hydrogens (tertiary/aromatic N) is 3. The van der Waals surface area contributed by atoms with Crippen LogP contribution in [0.3, 0.4) is 0 Å². The van der Waals surface area contributed by atoms with Crippen LogP contribution in [0.5, 0.6) is 0 Å². The molecule has 3 heterocycles. The Morgan fingerprint density at radius 3 is 2.91 bits per heavy atom. The molecular weight excluding hydrogens is 304 g/mol. The van der Waals surface area contributed by atoms with Crippen LogP contribution in [-0.2, 0) is 21.3 Å². The van der Waals surface area contributed by atoms with E-state index in [2.05, 4.69) is 19.2 Å². The average Bonchev–Trinajstić information content (AvgIpc) is 2.95. The Hall–Kier alpha value is -0.960. The summed E-state index contributed by atoms with van der Waals surface area (Å²) in [5, 5.41) is 0. The molecule has 0 saturated carbocycles. The van der Waals surface area contributed by atoms with Gasteiger partial charge in [-0.05, 0) is 19.3 Å². The van der Waals surface area contributed by atoms with Gasteiger partial charge >= 0.3 is 0 Å². The molecule has 0 bridgehead atoms. The Morgan fingerprint density at radius 2 is 2.18 bits per heavy atom. The minimum atomic E-state index is -3.13. The van der Waals surface area contributed by atoms with Crippen LogP contribution >= 0.6 is 0 Å². The molecule has 7 nitrogen and oxygen atoms in total. The summed E-state index contributed by atoms with van der Waals surface area (Å²) in [5.41, 5.74) is 1.21. The number of sulfonamides is 1. The Labute approximate surface area is 131 Å². The van der Waals surface area contributed by atoms with Crippen LogP contribution in [0.1, 0.15) is 31.0 Å². The highest BCUT2D eigenvalue weighted by Crippen LogP contribution is 2.27. The third-order valence-corrected chi connectivity index (χ3v) is 5.23. The molecule has 0 amide bonds. The monoisotopic (exact) mass is 328 g/mol. The predicted octanol–water partition coefficient (Wildman–Crippen LogP) is 0.358. The lowest BCUT2D eigenvalue weighted by Crippen LogP contribution is -2.46. The van der Waals surface area contributed by atoms with E-state index in [4.69, 9.17) is 4.74 Å². The third-order valence-electron chi connectivity index (χ3n) is 4.50. The summed E-state index contributed by atoms with van der Waals surface area (Å²) in [7, 11) is -3.13. The predicted molar refractivity (Wildman–Crippen MR) is 83.0 cm³/mol. The van der Waals surface area contributed by atoms with Crippen LogP contribution in [-0.4, -0.2) is 61.5 Å². The zero-order valence-corrected chi connectivity index (χ0v) is 13.8. The number of rotatable bonds is 5. The molecule has 0 aliphatic carbocycles. The Morgan fingerprint density at radius 1 is 1.41 bits per heavy atom. The maximum Gasteiger partial charge on any atom is 0.208 e. The van der Waals surface area contributed by atoms with Gasteiger partial charge < -0.3 is 9.30 Å². The van der Waals surface area contributed by atoms with Gasteiger partial charge in [0.15, 0.2) is 0 Å². The summed E-state index contributed by atoms with van der Waals surface area (Å²) in [5.74, 6) is 0. The highest BCUT2D eigenvalue weighted by atomic mass is 32.2. The van der Waals surface area contributed by atoms with Crippen molar-refractivity contribution in [3.63, 3.8) is 0 Å². The normalized spacial score (nSPS) is 24.3. The van der Waals surface area contributed by atoms with Gasteiger partial charge in [-0.25, -0.2) is 18.1 Å². The number of hydrogen-bond donors (Lipinski definition) is 1. The third kappa shape index (κ3) is 3.87. The van der Waals surface area contributed by atoms with Crippen molar-refractivity contribution in [2.24, 2.45) is 0 Å². The van der Waals surface area contributed by atoms with E-state index in [1.165, 1.54) is 11.9 Å². The Balaban J connectivity index is 1.66. The van der Waals surface area contributed by atoms with E-state index in [0.29, 0.717) is 12.6 Å². The summed E-state index contributed by atoms with van der Waals surface area (Å²) in [4.78, 5) is 6.77. The summed E-state index contributed by atoms with van der Waals surface area (Å²) in [6.07, 6.45) is 7.90. The van der Waals surface area contributed by atoms with Crippen LogP contribution in [0.4, 0.5) is 0 Å². The summed E-state index contributed by atoms with van der Waals surface area (Å²) >= 11 is 0. The van der Waals surface area contributed by atoms with Crippen molar-refractivity contribution in [3.05, 3.63) is 18.2 Å². The topological polar surface area (TPSA) is 76.5 Å². The average molecular weight is 328 g/mol. The van der Waals surface area contributed by atoms with E-state index >= 15 is 0 Å². The van der Waals surface area contributed by atoms with Crippen LogP contribution in [0.15, 0.2) is 12.5 Å². The first-order chi connectivity index (χ1) is 10.5. The Bertz CT molecular complexity index is 595. The van der Waals surface area contributed by atoms with E-state index in [9.17, 15) is 8.42 Å². The molecule has 1 aromatic rings. The fourth-order valence-corrected chi connectivity index (χ4v) is 3.87. The second-order valence-corrected chi connectivity index (χ2v) is 8.01. The van der Waals surface area contributed by atoms with E-state index in [1.54, 1.807) is 0 Å². The van der Waals surface area contributed by atoms with Gasteiger partial charge in [-0.15, -0.1) is 0 Å². The number of nitrogens with one attached hydrogen (secondary N) is 1. The molecule has 2 aliphatic heterocycles. The lowest BCUT2D eigenvalue weighted by Gasteiger charge is -2.40. The number of ether oxygens (including phenoxy) is 1. The minimum Gasteiger partial charge on any atom is -0.381 e. The molecule has 22 heavy (non-hydrogen) atoms. The first-order valence-electron chi connectivity index (χ1n) is 7.80. The molecule has 124 valence electrons. The standard InChI is InChI=1S/C14H24N4O3S/c1-22(19,20)16-5-2-13-9-17(12-3-6-21-7-4-12)10-14-8-15-11-18(13)14/h8,11-13,16H,2-7,9-10H2,1H3. The van der Waals surface area contributed by atoms with E-state index in [0.717, 1.165) is 45.6 Å². The van der Waals surface area contributed by atoms with E-state index in [-0.39, 0.29) is 6.04 Å². The van der Waals surface area contributed by atoms with Gasteiger partial charge in [0.05, 0.1) is 18.3 Å². The molecule has 2 aliphatic rings. The lowest BCUT2D eigenvalue weighted by molar-refractivity contribution is 0.0175. The van der Waals surface area contributed by atoms with Crippen LogP contribution in [0.2, 0.25) is 0 Å². The van der Waals surface area contributed by atoms with Crippen molar-refractivity contribution in [2.75, 3.05) is 32.6 Å². The molecule has 0 radical (unpaired) electrons. The SMILES string of the molecule is CS(=O)(=O)NCCC1CN(C2CCOCC2)Cc2cncn21. The molecule has 3 rings (SSSR count). The van der Waals surface area contributed by atoms with Crippen LogP contribution < -0.4 is 4.72 Å². The highest BCUT2D eigenvalue weighted by Gasteiger charge is 2.30. The van der Waals surface area contributed by atoms with Crippen molar-refractivity contribution in [1.82, 2.24) is 19.2 Å². The van der Waals surface area contributed by atoms with Crippen molar-refractivity contribution in [2.45, 2.75) is 37.9 Å². The van der Waals surface area contributed by atoms with Crippen LogP contribution in [0, 0.1) is 0 Å². The molecule has 1 unspecified atom stereocenters. The largest absolute Gasteiger partial charge is 0.381 e. The second-order valence-electron chi connectivity index (χ2n) is 6.17. The van der Waals surface area contributed by atoms with E-state index in [1.807, 2.05) is 12.5 Å². The first kappa shape index (κ1) is 15.9. The van der Waals surface area contributed by atoms with Gasteiger partial charge in [-0.1, -0.05) is 0 Å². The molecular formula is C14H24N4O3S. The summed E-state index contributed by atoms with van der Waals surface area (Å²) < 4.78 is 32.7. The second kappa shape index (κ2) is 6.66. The molecule has 0 aromatic carbocycles. The number of aromatic nitrogens is 2. The van der Waals surface area contributed by atoms with Gasteiger partial charge in [-0.2, -0.15) is 0 Å². The maximum absolute atomic E-state index is 11.2. The van der Waals surface area contributed by atoms with Crippen molar-refractivity contribution in [3.8, 4) is 0 Å². The zero-order valence-electron chi connectivity index (χ0n) is 12.9. The quantitative estimate of drug-likeness (QED) is 0.844. The van der Waals surface area contributed by atoms with Crippen molar-refractivity contribution >= 4 is 10.0 Å². The molecule has 1 saturated heterocycles. The molecule has 1 fully saturated rings. The van der Waals surface area contributed by atoms with Crippen molar-refractivity contribution < 1.29 is 13.2 Å². The molecule has 8 heteroatoms. The van der Waals surface area contributed by atoms with Gasteiger partial charge in [0.1, 0.15) is 0 Å². The molecule has 1 aromatic heterocycles. The number of hydrogen-bond acceptors (Lipinski definition) is 5. The van der Waals surface area contributed by atoms with Crippen LogP contribution in [0.25, 0.3) is 0 Å². The summed E-state index contributed by atoms with van der Waals surface area (Å²) in [6.45, 7) is 3.99. The first-order valence-corrected chi connectivity index (χ1v) is 9.69. The van der Waals surface area contributed by atoms with Gasteiger partial charge in [0, 0.05) is 51.1 Å². The number of imidazole rings is 1. The van der Waals surface area contributed by atoms with Gasteiger partial charge in [0.25, 0.3) is 0 Å². The molecule has 1 N–H and O–H groups in total. The maximum atomic E-state index is 11.2. The van der Waals surface area contributed by atoms with E-state index < -0.39 is 10.0 Å². The zero-order chi connectivity index (χ0) is 15.6. The van der Waals surface area contributed by atoms with Gasteiger partial charge in [-0.3, -0.25) is 4.90 Å². The Kier molecular flexibility index (Phi) is 4.82. The molecule has 0 spiro atoms. The minimum absolute atomic E-state index is 0.267. The van der Waals surface area contributed by atoms with Gasteiger partial charge in [0.2, 0.25) is 10.0 Å². The summed E-state index contributed by atoms with van der Waals surface area (Å²) in [6, 6.07) is 0.825.